The summed E-state index contributed by atoms with van der Waals surface area (Å²) in [5, 5.41) is 6.19. The first-order valence-corrected chi connectivity index (χ1v) is 6.70. The highest BCUT2D eigenvalue weighted by molar-refractivity contribution is 5.76. The topological polar surface area (TPSA) is 41.1 Å². The van der Waals surface area contributed by atoms with Gasteiger partial charge in [0, 0.05) is 19.0 Å². The number of amides is 1. The van der Waals surface area contributed by atoms with Crippen LogP contribution in [0.5, 0.6) is 0 Å². The molecule has 3 heteroatoms. The molecule has 0 fully saturated rings. The summed E-state index contributed by atoms with van der Waals surface area (Å²) in [6, 6.07) is 0.325. The smallest absolute Gasteiger partial charge is 0.221 e. The lowest BCUT2D eigenvalue weighted by molar-refractivity contribution is -0.121. The summed E-state index contributed by atoms with van der Waals surface area (Å²) in [5.41, 5.74) is 0. The summed E-state index contributed by atoms with van der Waals surface area (Å²) in [6.45, 7) is 8.07. The summed E-state index contributed by atoms with van der Waals surface area (Å²) >= 11 is 0. The van der Waals surface area contributed by atoms with Crippen LogP contribution in [-0.4, -0.2) is 25.0 Å². The molecule has 0 heterocycles. The van der Waals surface area contributed by atoms with Gasteiger partial charge in [0.1, 0.15) is 0 Å². The first-order chi connectivity index (χ1) is 7.70. The van der Waals surface area contributed by atoms with Crippen molar-refractivity contribution in [2.75, 3.05) is 13.1 Å². The molecule has 16 heavy (non-hydrogen) atoms. The van der Waals surface area contributed by atoms with E-state index in [1.807, 2.05) is 6.92 Å². The first kappa shape index (κ1) is 15.4. The molecular formula is C13H28N2O. The van der Waals surface area contributed by atoms with E-state index in [0.717, 1.165) is 19.5 Å². The lowest BCUT2D eigenvalue weighted by atomic mass is 10.1. The number of rotatable bonds is 10. The predicted octanol–water partition coefficient (Wildman–Crippen LogP) is 2.46. The second-order valence-electron chi connectivity index (χ2n) is 4.42. The van der Waals surface area contributed by atoms with E-state index in [9.17, 15) is 4.79 Å². The SMILES string of the molecule is CCCCCCC(C)NC(=O)CCNCC. The van der Waals surface area contributed by atoms with Crippen LogP contribution in [0.2, 0.25) is 0 Å². The van der Waals surface area contributed by atoms with Crippen LogP contribution in [0.4, 0.5) is 0 Å². The van der Waals surface area contributed by atoms with Crippen molar-refractivity contribution >= 4 is 5.91 Å². The molecule has 0 saturated carbocycles. The third-order valence-electron chi connectivity index (χ3n) is 2.68. The molecule has 1 amide bonds. The van der Waals surface area contributed by atoms with Crippen molar-refractivity contribution in [3.8, 4) is 0 Å². The van der Waals surface area contributed by atoms with Gasteiger partial charge in [0.05, 0.1) is 0 Å². The Labute approximate surface area is 100 Å². The van der Waals surface area contributed by atoms with E-state index in [0.29, 0.717) is 12.5 Å². The van der Waals surface area contributed by atoms with Gasteiger partial charge in [-0.3, -0.25) is 4.79 Å². The Morgan fingerprint density at radius 3 is 2.56 bits per heavy atom. The van der Waals surface area contributed by atoms with E-state index in [1.165, 1.54) is 25.7 Å². The Hall–Kier alpha value is -0.570. The van der Waals surface area contributed by atoms with Crippen molar-refractivity contribution in [3.05, 3.63) is 0 Å². The number of hydrogen-bond acceptors (Lipinski definition) is 2. The predicted molar refractivity (Wildman–Crippen MR) is 69.5 cm³/mol. The molecule has 1 unspecified atom stereocenters. The van der Waals surface area contributed by atoms with E-state index in [-0.39, 0.29) is 5.91 Å². The molecule has 0 rings (SSSR count). The van der Waals surface area contributed by atoms with E-state index in [2.05, 4.69) is 24.5 Å². The van der Waals surface area contributed by atoms with Crippen LogP contribution >= 0.6 is 0 Å². The van der Waals surface area contributed by atoms with Gasteiger partial charge in [0.2, 0.25) is 5.91 Å². The van der Waals surface area contributed by atoms with Crippen LogP contribution in [0.3, 0.4) is 0 Å². The fraction of sp³-hybridized carbons (Fsp3) is 0.923. The minimum absolute atomic E-state index is 0.170. The minimum Gasteiger partial charge on any atom is -0.354 e. The maximum atomic E-state index is 11.5. The van der Waals surface area contributed by atoms with Crippen LogP contribution in [-0.2, 0) is 4.79 Å². The fourth-order valence-electron chi connectivity index (χ4n) is 1.68. The second-order valence-corrected chi connectivity index (χ2v) is 4.42. The molecule has 0 aromatic carbocycles. The number of carbonyl (C=O) groups excluding carboxylic acids is 1. The van der Waals surface area contributed by atoms with E-state index < -0.39 is 0 Å². The molecule has 96 valence electrons. The zero-order valence-corrected chi connectivity index (χ0v) is 11.1. The highest BCUT2D eigenvalue weighted by Gasteiger charge is 2.06. The summed E-state index contributed by atoms with van der Waals surface area (Å²) in [5.74, 6) is 0.170. The van der Waals surface area contributed by atoms with Gasteiger partial charge in [-0.1, -0.05) is 39.5 Å². The van der Waals surface area contributed by atoms with Gasteiger partial charge in [-0.05, 0) is 19.9 Å². The Balaban J connectivity index is 3.39. The van der Waals surface area contributed by atoms with Gasteiger partial charge >= 0.3 is 0 Å². The van der Waals surface area contributed by atoms with E-state index in [1.54, 1.807) is 0 Å². The molecule has 0 saturated heterocycles. The van der Waals surface area contributed by atoms with Gasteiger partial charge in [-0.25, -0.2) is 0 Å². The largest absolute Gasteiger partial charge is 0.354 e. The van der Waals surface area contributed by atoms with Crippen LogP contribution in [0.1, 0.15) is 59.3 Å². The van der Waals surface area contributed by atoms with Crippen LogP contribution in [0.15, 0.2) is 0 Å². The fourth-order valence-corrected chi connectivity index (χ4v) is 1.68. The molecule has 2 N–H and O–H groups in total. The van der Waals surface area contributed by atoms with E-state index in [4.69, 9.17) is 0 Å². The van der Waals surface area contributed by atoms with Crippen molar-refractivity contribution in [3.63, 3.8) is 0 Å². The maximum absolute atomic E-state index is 11.5. The van der Waals surface area contributed by atoms with Crippen molar-refractivity contribution in [1.29, 1.82) is 0 Å². The van der Waals surface area contributed by atoms with Gasteiger partial charge in [-0.15, -0.1) is 0 Å². The van der Waals surface area contributed by atoms with Crippen LogP contribution in [0, 0.1) is 0 Å². The first-order valence-electron chi connectivity index (χ1n) is 6.70. The Kier molecular flexibility index (Phi) is 10.5. The van der Waals surface area contributed by atoms with Gasteiger partial charge in [-0.2, -0.15) is 0 Å². The summed E-state index contributed by atoms with van der Waals surface area (Å²) in [7, 11) is 0. The van der Waals surface area contributed by atoms with Gasteiger partial charge < -0.3 is 10.6 Å². The number of unbranched alkanes of at least 4 members (excludes halogenated alkanes) is 3. The molecule has 0 aliphatic carbocycles. The molecule has 0 bridgehead atoms. The Bertz CT molecular complexity index is 171. The molecule has 3 nitrogen and oxygen atoms in total. The summed E-state index contributed by atoms with van der Waals surface area (Å²) in [6.07, 6.45) is 6.78. The molecule has 0 aliphatic rings. The van der Waals surface area contributed by atoms with Crippen LogP contribution in [0.25, 0.3) is 0 Å². The third-order valence-corrected chi connectivity index (χ3v) is 2.68. The standard InChI is InChI=1S/C13H28N2O/c1-4-6-7-8-9-12(3)15-13(16)10-11-14-5-2/h12,14H,4-11H2,1-3H3,(H,15,16). The summed E-state index contributed by atoms with van der Waals surface area (Å²) < 4.78 is 0. The molecule has 0 aromatic rings. The quantitative estimate of drug-likeness (QED) is 0.564. The average Bonchev–Trinajstić information content (AvgIpc) is 2.25. The Morgan fingerprint density at radius 1 is 1.19 bits per heavy atom. The maximum Gasteiger partial charge on any atom is 0.221 e. The lowest BCUT2D eigenvalue weighted by Gasteiger charge is -2.13. The molecule has 0 aromatic heterocycles. The van der Waals surface area contributed by atoms with E-state index >= 15 is 0 Å². The van der Waals surface area contributed by atoms with Crippen molar-refractivity contribution in [2.24, 2.45) is 0 Å². The zero-order valence-electron chi connectivity index (χ0n) is 11.1. The molecule has 0 aliphatic heterocycles. The molecule has 0 radical (unpaired) electrons. The van der Waals surface area contributed by atoms with Gasteiger partial charge in [0.25, 0.3) is 0 Å². The van der Waals surface area contributed by atoms with Crippen molar-refractivity contribution in [2.45, 2.75) is 65.3 Å². The highest BCUT2D eigenvalue weighted by Crippen LogP contribution is 2.05. The lowest BCUT2D eigenvalue weighted by Crippen LogP contribution is -2.34. The molecular weight excluding hydrogens is 200 g/mol. The minimum atomic E-state index is 0.170. The van der Waals surface area contributed by atoms with Crippen molar-refractivity contribution < 1.29 is 4.79 Å². The Morgan fingerprint density at radius 2 is 1.94 bits per heavy atom. The summed E-state index contributed by atoms with van der Waals surface area (Å²) in [4.78, 5) is 11.5. The number of nitrogens with one attached hydrogen (secondary N) is 2. The molecule has 0 spiro atoms. The molecule has 1 atom stereocenters. The number of carbonyl (C=O) groups is 1. The van der Waals surface area contributed by atoms with Gasteiger partial charge in [0.15, 0.2) is 0 Å². The highest BCUT2D eigenvalue weighted by atomic mass is 16.1. The normalized spacial score (nSPS) is 12.4. The van der Waals surface area contributed by atoms with Crippen molar-refractivity contribution in [1.82, 2.24) is 10.6 Å². The second kappa shape index (κ2) is 10.9. The van der Waals surface area contributed by atoms with Crippen LogP contribution < -0.4 is 10.6 Å². The monoisotopic (exact) mass is 228 g/mol. The zero-order chi connectivity index (χ0) is 12.2. The average molecular weight is 228 g/mol. The third kappa shape index (κ3) is 9.97. The number of hydrogen-bond donors (Lipinski definition) is 2.